The van der Waals surface area contributed by atoms with Gasteiger partial charge in [0.05, 0.1) is 28.6 Å². The molecule has 1 fully saturated rings. The summed E-state index contributed by atoms with van der Waals surface area (Å²) in [6, 6.07) is 17.1. The maximum absolute atomic E-state index is 13.7. The Morgan fingerprint density at radius 3 is 2.49 bits per heavy atom. The van der Waals surface area contributed by atoms with E-state index in [1.807, 2.05) is 18.2 Å². The number of hydrogen-bond donors (Lipinski definition) is 3. The number of halogens is 2. The number of aromatic carboxylic acids is 1. The van der Waals surface area contributed by atoms with Crippen LogP contribution >= 0.6 is 10.9 Å². The molecule has 10 heteroatoms. The fourth-order valence-corrected chi connectivity index (χ4v) is 7.49. The third-order valence-electron chi connectivity index (χ3n) is 7.64. The normalized spacial score (nSPS) is 21.2. The number of rotatable bonds is 9. The van der Waals surface area contributed by atoms with Crippen LogP contribution in [0, 0.1) is 11.8 Å². The van der Waals surface area contributed by atoms with Gasteiger partial charge in [0.25, 0.3) is 11.8 Å². The number of aliphatic imine (C=N–C) groups is 1. The number of thiol groups is 1. The van der Waals surface area contributed by atoms with Crippen LogP contribution in [-0.2, 0) is 17.3 Å². The first-order valence-electron chi connectivity index (χ1n) is 13.6. The molecule has 2 aliphatic rings. The summed E-state index contributed by atoms with van der Waals surface area (Å²) in [5.41, 5.74) is 1.01. The highest BCUT2D eigenvalue weighted by Gasteiger charge is 2.33. The molecule has 0 bridgehead atoms. The Kier molecular flexibility index (Phi) is 8.51. The molecule has 1 saturated carbocycles. The van der Waals surface area contributed by atoms with Crippen LogP contribution < -0.4 is 5.32 Å². The van der Waals surface area contributed by atoms with Gasteiger partial charge in [-0.1, -0.05) is 36.4 Å². The van der Waals surface area contributed by atoms with E-state index in [1.54, 1.807) is 6.07 Å². The number of carbonyl (C=O) groups is 2. The fourth-order valence-electron chi connectivity index (χ4n) is 5.40. The van der Waals surface area contributed by atoms with Crippen molar-refractivity contribution in [3.8, 4) is 0 Å². The summed E-state index contributed by atoms with van der Waals surface area (Å²) < 4.78 is 33.4. The van der Waals surface area contributed by atoms with Crippen LogP contribution in [0.15, 0.2) is 70.6 Å². The number of carboxylic acids is 1. The van der Waals surface area contributed by atoms with Crippen molar-refractivity contribution in [2.24, 2.45) is 16.8 Å². The van der Waals surface area contributed by atoms with E-state index in [1.165, 1.54) is 23.8 Å². The molecule has 1 aliphatic carbocycles. The first kappa shape index (κ1) is 28.9. The molecule has 1 aromatic heterocycles. The molecule has 2 aromatic carbocycles. The Labute approximate surface area is 240 Å². The topological polar surface area (TPSA) is 101 Å². The number of nitrogens with one attached hydrogen (secondary N) is 1. The largest absolute Gasteiger partial charge is 0.478 e. The van der Waals surface area contributed by atoms with Gasteiger partial charge >= 0.3 is 5.97 Å². The molecular formula is C31H33F2N3O4S. The predicted octanol–water partition coefficient (Wildman–Crippen LogP) is 7.20. The standard InChI is InChI=1S/C31H33F2N3O4S/c1-31(32,33)27-10-6-9-23(34-27)28(37)35-24-16-26-25(15-22(24)30(38)39)36-29(41(26)2)21-13-11-20(12-14-21)18-40-17-19-7-4-3-5-8-19/h3-10,15-16,20-21,41H,11-14,17-18H2,1-2H3,(H,35,37)(H,38,39). The predicted molar refractivity (Wildman–Crippen MR) is 157 cm³/mol. The SMILES string of the molecule is C[SH]1C(C2CCC(COCc3ccccc3)CC2)=Nc2cc(C(=O)O)c(NC(=O)c3cccc(C(C)(F)F)n3)cc21. The number of benzene rings is 2. The minimum Gasteiger partial charge on any atom is -0.478 e. The molecule has 0 radical (unpaired) electrons. The molecule has 41 heavy (non-hydrogen) atoms. The smallest absolute Gasteiger partial charge is 0.337 e. The summed E-state index contributed by atoms with van der Waals surface area (Å²) in [5.74, 6) is -4.37. The summed E-state index contributed by atoms with van der Waals surface area (Å²) >= 11 is 0. The van der Waals surface area contributed by atoms with Crippen molar-refractivity contribution >= 4 is 39.2 Å². The van der Waals surface area contributed by atoms with Crippen LogP contribution in [-0.4, -0.2) is 39.9 Å². The summed E-state index contributed by atoms with van der Waals surface area (Å²) in [6.45, 7) is 2.04. The maximum Gasteiger partial charge on any atom is 0.337 e. The number of alkyl halides is 2. The van der Waals surface area contributed by atoms with Gasteiger partial charge in [-0.15, -0.1) is 0 Å². The van der Waals surface area contributed by atoms with E-state index in [4.69, 9.17) is 9.73 Å². The van der Waals surface area contributed by atoms with Gasteiger partial charge in [-0.3, -0.25) is 4.79 Å². The van der Waals surface area contributed by atoms with Crippen LogP contribution in [0.2, 0.25) is 0 Å². The number of amides is 1. The lowest BCUT2D eigenvalue weighted by atomic mass is 9.83. The van der Waals surface area contributed by atoms with Crippen LogP contribution in [0.3, 0.4) is 0 Å². The zero-order valence-corrected chi connectivity index (χ0v) is 23.8. The van der Waals surface area contributed by atoms with E-state index in [9.17, 15) is 23.5 Å². The van der Waals surface area contributed by atoms with E-state index in [2.05, 4.69) is 28.7 Å². The number of ether oxygens (including phenoxy) is 1. The molecule has 5 rings (SSSR count). The van der Waals surface area contributed by atoms with Crippen molar-refractivity contribution in [3.63, 3.8) is 0 Å². The quantitative estimate of drug-likeness (QED) is 0.232. The van der Waals surface area contributed by atoms with Crippen LogP contribution in [0.5, 0.6) is 0 Å². The number of carboxylic acid groups (broad SMARTS) is 1. The van der Waals surface area contributed by atoms with Gasteiger partial charge in [-0.2, -0.15) is 19.7 Å². The van der Waals surface area contributed by atoms with Crippen molar-refractivity contribution < 1.29 is 28.2 Å². The second-order valence-electron chi connectivity index (χ2n) is 10.7. The molecule has 0 spiro atoms. The second-order valence-corrected chi connectivity index (χ2v) is 12.7. The molecular weight excluding hydrogens is 548 g/mol. The minimum atomic E-state index is -3.21. The number of fused-ring (bicyclic) bond motifs is 1. The van der Waals surface area contributed by atoms with Gasteiger partial charge in [0.1, 0.15) is 11.4 Å². The van der Waals surface area contributed by atoms with Gasteiger partial charge in [0.15, 0.2) is 0 Å². The summed E-state index contributed by atoms with van der Waals surface area (Å²) in [4.78, 5) is 34.5. The highest BCUT2D eigenvalue weighted by molar-refractivity contribution is 8.30. The van der Waals surface area contributed by atoms with Crippen molar-refractivity contribution in [2.75, 3.05) is 18.2 Å². The number of carbonyl (C=O) groups excluding carboxylic acids is 1. The van der Waals surface area contributed by atoms with Gasteiger partial charge in [0, 0.05) is 24.3 Å². The zero-order chi connectivity index (χ0) is 29.1. The zero-order valence-electron chi connectivity index (χ0n) is 22.9. The number of pyridine rings is 1. The fraction of sp³-hybridized carbons (Fsp3) is 0.355. The first-order valence-corrected chi connectivity index (χ1v) is 15.4. The van der Waals surface area contributed by atoms with Crippen molar-refractivity contribution in [1.29, 1.82) is 0 Å². The Morgan fingerprint density at radius 1 is 1.07 bits per heavy atom. The van der Waals surface area contributed by atoms with Gasteiger partial charge in [0.2, 0.25) is 0 Å². The van der Waals surface area contributed by atoms with E-state index >= 15 is 0 Å². The molecule has 1 unspecified atom stereocenters. The molecule has 1 aliphatic heterocycles. The number of nitrogens with zero attached hydrogens (tertiary/aromatic N) is 2. The molecule has 2 heterocycles. The van der Waals surface area contributed by atoms with Crippen molar-refractivity contribution in [3.05, 3.63) is 83.2 Å². The second kappa shape index (κ2) is 12.1. The van der Waals surface area contributed by atoms with E-state index in [0.29, 0.717) is 31.1 Å². The van der Waals surface area contributed by atoms with Crippen molar-refractivity contribution in [2.45, 2.75) is 50.0 Å². The molecule has 2 N–H and O–H groups in total. The Morgan fingerprint density at radius 2 is 1.80 bits per heavy atom. The molecule has 1 amide bonds. The molecule has 7 nitrogen and oxygen atoms in total. The number of hydrogen-bond acceptors (Lipinski definition) is 5. The summed E-state index contributed by atoms with van der Waals surface area (Å²) in [7, 11) is -0.811. The lowest BCUT2D eigenvalue weighted by molar-refractivity contribution is 0.0126. The first-order chi connectivity index (χ1) is 19.6. The van der Waals surface area contributed by atoms with Crippen LogP contribution in [0.1, 0.15) is 64.7 Å². The lowest BCUT2D eigenvalue weighted by Crippen LogP contribution is -2.23. The monoisotopic (exact) mass is 581 g/mol. The number of aromatic nitrogens is 1. The van der Waals surface area contributed by atoms with Crippen LogP contribution in [0.25, 0.3) is 0 Å². The van der Waals surface area contributed by atoms with E-state index < -0.39 is 34.4 Å². The van der Waals surface area contributed by atoms with Gasteiger partial charge < -0.3 is 15.2 Å². The highest BCUT2D eigenvalue weighted by Crippen LogP contribution is 2.53. The Hall–Kier alpha value is -3.63. The molecule has 3 aromatic rings. The van der Waals surface area contributed by atoms with E-state index in [0.717, 1.165) is 48.3 Å². The Bertz CT molecular complexity index is 1470. The number of anilines is 1. The van der Waals surface area contributed by atoms with Gasteiger partial charge in [-0.05, 0) is 67.7 Å². The lowest BCUT2D eigenvalue weighted by Gasteiger charge is -2.30. The van der Waals surface area contributed by atoms with Gasteiger partial charge in [-0.25, -0.2) is 14.8 Å². The average Bonchev–Trinajstić information content (AvgIpc) is 3.28. The van der Waals surface area contributed by atoms with E-state index in [-0.39, 0.29) is 16.9 Å². The van der Waals surface area contributed by atoms with Crippen molar-refractivity contribution in [1.82, 2.24) is 4.98 Å². The summed E-state index contributed by atoms with van der Waals surface area (Å²) in [6.07, 6.45) is 6.19. The summed E-state index contributed by atoms with van der Waals surface area (Å²) in [5, 5.41) is 13.5. The average molecular weight is 582 g/mol. The van der Waals surface area contributed by atoms with Crippen LogP contribution in [0.4, 0.5) is 20.2 Å². The molecule has 1 atom stereocenters. The minimum absolute atomic E-state index is 0.0989. The molecule has 216 valence electrons. The Balaban J connectivity index is 1.25. The molecule has 0 saturated heterocycles. The maximum atomic E-state index is 13.7. The third kappa shape index (κ3) is 6.65. The highest BCUT2D eigenvalue weighted by atomic mass is 32.2. The third-order valence-corrected chi connectivity index (χ3v) is 9.88.